The summed E-state index contributed by atoms with van der Waals surface area (Å²) in [7, 11) is 1.87. The van der Waals surface area contributed by atoms with Gasteiger partial charge in [-0.1, -0.05) is 22.9 Å². The van der Waals surface area contributed by atoms with E-state index in [9.17, 15) is 8.78 Å². The number of benzene rings is 1. The molecule has 0 aliphatic rings. The third-order valence-electron chi connectivity index (χ3n) is 2.52. The van der Waals surface area contributed by atoms with Crippen LogP contribution in [0.4, 0.5) is 8.78 Å². The summed E-state index contributed by atoms with van der Waals surface area (Å²) in [6.45, 7) is 0.874. The van der Waals surface area contributed by atoms with Crippen molar-refractivity contribution in [3.63, 3.8) is 0 Å². The van der Waals surface area contributed by atoms with E-state index in [4.69, 9.17) is 11.6 Å². The van der Waals surface area contributed by atoms with E-state index in [1.807, 2.05) is 7.05 Å². The quantitative estimate of drug-likeness (QED) is 0.680. The highest BCUT2D eigenvalue weighted by molar-refractivity contribution is 7.14. The molecule has 7 heteroatoms. The third kappa shape index (κ3) is 3.46. The number of hydrogen-bond donors (Lipinski definition) is 1. The zero-order valence-electron chi connectivity index (χ0n) is 10.2. The number of nitrogens with one attached hydrogen (secondary N) is 1. The lowest BCUT2D eigenvalue weighted by Gasteiger charge is -2.00. The van der Waals surface area contributed by atoms with Gasteiger partial charge < -0.3 is 5.32 Å². The number of hydrogen-bond acceptors (Lipinski definition) is 4. The van der Waals surface area contributed by atoms with Crippen LogP contribution in [0.2, 0.25) is 5.02 Å². The van der Waals surface area contributed by atoms with Crippen molar-refractivity contribution in [3.8, 4) is 10.6 Å². The van der Waals surface area contributed by atoms with Crippen molar-refractivity contribution < 1.29 is 8.78 Å². The fourth-order valence-electron chi connectivity index (χ4n) is 1.57. The molecule has 0 unspecified atom stereocenters. The van der Waals surface area contributed by atoms with Gasteiger partial charge in [-0.15, -0.1) is 10.2 Å². The van der Waals surface area contributed by atoms with Crippen LogP contribution in [-0.2, 0) is 6.42 Å². The van der Waals surface area contributed by atoms with Crippen LogP contribution in [0.1, 0.15) is 11.4 Å². The molecule has 0 saturated heterocycles. The maximum absolute atomic E-state index is 13.7. The van der Waals surface area contributed by atoms with Gasteiger partial charge in [0.25, 0.3) is 0 Å². The summed E-state index contributed by atoms with van der Waals surface area (Å²) in [4.78, 5) is 0. The number of aryl methyl sites for hydroxylation is 1. The van der Waals surface area contributed by atoms with Gasteiger partial charge in [0.1, 0.15) is 16.6 Å². The van der Waals surface area contributed by atoms with Crippen LogP contribution in [0.5, 0.6) is 0 Å². The fourth-order valence-corrected chi connectivity index (χ4v) is 2.62. The highest BCUT2D eigenvalue weighted by Crippen LogP contribution is 2.30. The van der Waals surface area contributed by atoms with Crippen molar-refractivity contribution >= 4 is 22.9 Å². The smallest absolute Gasteiger partial charge is 0.150 e. The number of aromatic nitrogens is 2. The Hall–Kier alpha value is -1.11. The summed E-state index contributed by atoms with van der Waals surface area (Å²) < 4.78 is 27.1. The molecule has 102 valence electrons. The molecular weight excluding hydrogens is 292 g/mol. The highest BCUT2D eigenvalue weighted by atomic mass is 35.5. The molecule has 0 aliphatic heterocycles. The first kappa shape index (κ1) is 14.3. The summed E-state index contributed by atoms with van der Waals surface area (Å²) in [6, 6.07) is 2.00. The van der Waals surface area contributed by atoms with Gasteiger partial charge >= 0.3 is 0 Å². The van der Waals surface area contributed by atoms with Crippen molar-refractivity contribution in [2.24, 2.45) is 0 Å². The SMILES string of the molecule is CNCCCc1nnc(-c2cc(F)c(Cl)cc2F)s1. The first-order valence-corrected chi connectivity index (χ1v) is 6.93. The first-order chi connectivity index (χ1) is 9.11. The van der Waals surface area contributed by atoms with Gasteiger partial charge in [-0.25, -0.2) is 8.78 Å². The van der Waals surface area contributed by atoms with Crippen LogP contribution in [0, 0.1) is 11.6 Å². The molecule has 0 fully saturated rings. The second-order valence-corrected chi connectivity index (χ2v) is 5.42. The van der Waals surface area contributed by atoms with E-state index in [1.165, 1.54) is 11.3 Å². The second-order valence-electron chi connectivity index (χ2n) is 3.95. The van der Waals surface area contributed by atoms with E-state index >= 15 is 0 Å². The second kappa shape index (κ2) is 6.36. The topological polar surface area (TPSA) is 37.8 Å². The van der Waals surface area contributed by atoms with Gasteiger partial charge in [0.2, 0.25) is 0 Å². The van der Waals surface area contributed by atoms with Crippen molar-refractivity contribution in [3.05, 3.63) is 33.8 Å². The number of halogens is 3. The lowest BCUT2D eigenvalue weighted by Crippen LogP contribution is -2.08. The highest BCUT2D eigenvalue weighted by Gasteiger charge is 2.14. The zero-order chi connectivity index (χ0) is 13.8. The minimum atomic E-state index is -0.662. The van der Waals surface area contributed by atoms with Gasteiger partial charge in [-0.05, 0) is 32.1 Å². The predicted octanol–water partition coefficient (Wildman–Crippen LogP) is 3.29. The summed E-state index contributed by atoms with van der Waals surface area (Å²) in [5.41, 5.74) is 0.0965. The summed E-state index contributed by atoms with van der Waals surface area (Å²) >= 11 is 6.77. The molecule has 2 aromatic rings. The molecule has 0 radical (unpaired) electrons. The summed E-state index contributed by atoms with van der Waals surface area (Å²) in [5.74, 6) is -1.26. The van der Waals surface area contributed by atoms with Gasteiger partial charge in [0.05, 0.1) is 10.6 Å². The molecule has 0 bridgehead atoms. The Kier molecular flexibility index (Phi) is 4.79. The van der Waals surface area contributed by atoms with Crippen molar-refractivity contribution in [1.29, 1.82) is 0 Å². The summed E-state index contributed by atoms with van der Waals surface area (Å²) in [6.07, 6.45) is 1.68. The normalized spacial score (nSPS) is 10.9. The van der Waals surface area contributed by atoms with Gasteiger partial charge in [-0.3, -0.25) is 0 Å². The van der Waals surface area contributed by atoms with Crippen LogP contribution in [0.25, 0.3) is 10.6 Å². The Bertz CT molecular complexity index is 574. The minimum absolute atomic E-state index is 0.0965. The van der Waals surface area contributed by atoms with Crippen LogP contribution in [-0.4, -0.2) is 23.8 Å². The summed E-state index contributed by atoms with van der Waals surface area (Å²) in [5, 5.41) is 11.8. The van der Waals surface area contributed by atoms with Gasteiger partial charge in [0, 0.05) is 6.42 Å². The molecule has 0 atom stereocenters. The molecule has 0 spiro atoms. The number of nitrogens with zero attached hydrogens (tertiary/aromatic N) is 2. The molecule has 2 rings (SSSR count). The largest absolute Gasteiger partial charge is 0.320 e. The molecule has 3 nitrogen and oxygen atoms in total. The maximum Gasteiger partial charge on any atom is 0.150 e. The monoisotopic (exact) mass is 303 g/mol. The molecule has 1 heterocycles. The lowest BCUT2D eigenvalue weighted by atomic mass is 10.2. The van der Waals surface area contributed by atoms with Gasteiger partial charge in [0.15, 0.2) is 5.01 Å². The zero-order valence-corrected chi connectivity index (χ0v) is 11.8. The van der Waals surface area contributed by atoms with Crippen LogP contribution < -0.4 is 5.32 Å². The maximum atomic E-state index is 13.7. The lowest BCUT2D eigenvalue weighted by molar-refractivity contribution is 0.603. The minimum Gasteiger partial charge on any atom is -0.320 e. The predicted molar refractivity (Wildman–Crippen MR) is 72.5 cm³/mol. The van der Waals surface area contributed by atoms with E-state index in [-0.39, 0.29) is 10.6 Å². The molecule has 0 amide bonds. The average molecular weight is 304 g/mol. The molecule has 1 aromatic heterocycles. The molecule has 0 aliphatic carbocycles. The first-order valence-electron chi connectivity index (χ1n) is 5.73. The van der Waals surface area contributed by atoms with E-state index in [0.29, 0.717) is 5.01 Å². The fraction of sp³-hybridized carbons (Fsp3) is 0.333. The molecule has 1 aromatic carbocycles. The molecule has 0 saturated carbocycles. The molecule has 19 heavy (non-hydrogen) atoms. The van der Waals surface area contributed by atoms with Gasteiger partial charge in [-0.2, -0.15) is 0 Å². The Balaban J connectivity index is 2.20. The van der Waals surface area contributed by atoms with E-state index in [1.54, 1.807) is 0 Å². The van der Waals surface area contributed by atoms with Crippen molar-refractivity contribution in [2.45, 2.75) is 12.8 Å². The van der Waals surface area contributed by atoms with E-state index < -0.39 is 11.6 Å². The van der Waals surface area contributed by atoms with Crippen LogP contribution in [0.15, 0.2) is 12.1 Å². The third-order valence-corrected chi connectivity index (χ3v) is 3.83. The van der Waals surface area contributed by atoms with Crippen molar-refractivity contribution in [1.82, 2.24) is 15.5 Å². The van der Waals surface area contributed by atoms with Crippen molar-refractivity contribution in [2.75, 3.05) is 13.6 Å². The van der Waals surface area contributed by atoms with E-state index in [0.717, 1.165) is 36.5 Å². The number of rotatable bonds is 5. The Morgan fingerprint density at radius 3 is 2.79 bits per heavy atom. The molecular formula is C12H12ClF2N3S. The van der Waals surface area contributed by atoms with Crippen LogP contribution in [0.3, 0.4) is 0 Å². The standard InChI is InChI=1S/C12H12ClF2N3S/c1-16-4-2-3-11-17-18-12(19-11)7-5-10(15)8(13)6-9(7)14/h5-6,16H,2-4H2,1H3. The Morgan fingerprint density at radius 2 is 2.05 bits per heavy atom. The average Bonchev–Trinajstić information content (AvgIpc) is 2.83. The van der Waals surface area contributed by atoms with E-state index in [2.05, 4.69) is 15.5 Å². The Labute approximate surface area is 118 Å². The van der Waals surface area contributed by atoms with Crippen LogP contribution >= 0.6 is 22.9 Å². The Morgan fingerprint density at radius 1 is 1.26 bits per heavy atom. The molecule has 1 N–H and O–H groups in total.